The minimum absolute atomic E-state index is 0.175. The molecule has 2 aromatic carbocycles. The molecule has 1 atom stereocenters. The summed E-state index contributed by atoms with van der Waals surface area (Å²) < 4.78 is 40.0. The lowest BCUT2D eigenvalue weighted by Crippen LogP contribution is -2.50. The van der Waals surface area contributed by atoms with Crippen molar-refractivity contribution in [2.45, 2.75) is 26.4 Å². The van der Waals surface area contributed by atoms with E-state index in [0.29, 0.717) is 11.3 Å². The molecule has 162 valence electrons. The van der Waals surface area contributed by atoms with Crippen LogP contribution in [-0.4, -0.2) is 51.0 Å². The first-order valence-corrected chi connectivity index (χ1v) is 11.2. The molecule has 0 aliphatic heterocycles. The van der Waals surface area contributed by atoms with Gasteiger partial charge in [-0.25, -0.2) is 12.8 Å². The molecule has 0 spiro atoms. The molecule has 2 amide bonds. The van der Waals surface area contributed by atoms with E-state index in [1.807, 2.05) is 0 Å². The first-order chi connectivity index (χ1) is 14.1. The maximum absolute atomic E-state index is 14.2. The smallest absolute Gasteiger partial charge is 0.244 e. The van der Waals surface area contributed by atoms with E-state index in [2.05, 4.69) is 5.32 Å². The normalized spacial score (nSPS) is 12.2. The molecule has 9 heteroatoms. The number of sulfonamides is 1. The van der Waals surface area contributed by atoms with Crippen molar-refractivity contribution in [3.63, 3.8) is 0 Å². The van der Waals surface area contributed by atoms with Crippen molar-refractivity contribution in [1.29, 1.82) is 0 Å². The summed E-state index contributed by atoms with van der Waals surface area (Å²) in [6.07, 6.45) is 1.01. The van der Waals surface area contributed by atoms with Crippen molar-refractivity contribution in [1.82, 2.24) is 10.2 Å². The van der Waals surface area contributed by atoms with Gasteiger partial charge < -0.3 is 10.2 Å². The van der Waals surface area contributed by atoms with E-state index in [1.54, 1.807) is 37.3 Å². The standard InChI is InChI=1S/C21H26FN3O4S/c1-15-9-5-8-12-19(15)25(30(4,28)29)14-20(26)24(16(2)21(27)23-3)13-17-10-6-7-11-18(17)22/h5-12,16H,13-14H2,1-4H3,(H,23,27)/t16-/m0/s1. The van der Waals surface area contributed by atoms with E-state index >= 15 is 0 Å². The molecule has 7 nitrogen and oxygen atoms in total. The third-order valence-electron chi connectivity index (χ3n) is 4.78. The van der Waals surface area contributed by atoms with Gasteiger partial charge in [-0.2, -0.15) is 0 Å². The lowest BCUT2D eigenvalue weighted by atomic mass is 10.1. The fourth-order valence-electron chi connectivity index (χ4n) is 3.04. The van der Waals surface area contributed by atoms with E-state index < -0.39 is 40.2 Å². The minimum atomic E-state index is -3.79. The zero-order valence-electron chi connectivity index (χ0n) is 17.4. The molecule has 30 heavy (non-hydrogen) atoms. The van der Waals surface area contributed by atoms with Crippen molar-refractivity contribution in [2.75, 3.05) is 24.2 Å². The van der Waals surface area contributed by atoms with Crippen molar-refractivity contribution >= 4 is 27.5 Å². The summed E-state index contributed by atoms with van der Waals surface area (Å²) in [5.74, 6) is -1.58. The van der Waals surface area contributed by atoms with Crippen LogP contribution in [-0.2, 0) is 26.2 Å². The van der Waals surface area contributed by atoms with Crippen molar-refractivity contribution in [2.24, 2.45) is 0 Å². The molecule has 2 aromatic rings. The third kappa shape index (κ3) is 5.56. The molecule has 0 aromatic heterocycles. The minimum Gasteiger partial charge on any atom is -0.357 e. The quantitative estimate of drug-likeness (QED) is 0.688. The van der Waals surface area contributed by atoms with Gasteiger partial charge in [-0.15, -0.1) is 0 Å². The first-order valence-electron chi connectivity index (χ1n) is 9.34. The molecular formula is C21H26FN3O4S. The fourth-order valence-corrected chi connectivity index (χ4v) is 3.95. The summed E-state index contributed by atoms with van der Waals surface area (Å²) in [5.41, 5.74) is 1.27. The lowest BCUT2D eigenvalue weighted by Gasteiger charge is -2.31. The number of hydrogen-bond donors (Lipinski definition) is 1. The number of likely N-dealkylation sites (N-methyl/N-ethyl adjacent to an activating group) is 1. The number of hydrogen-bond acceptors (Lipinski definition) is 4. The summed E-state index contributed by atoms with van der Waals surface area (Å²) in [4.78, 5) is 26.6. The Bertz CT molecular complexity index is 1030. The zero-order chi connectivity index (χ0) is 22.5. The second-order valence-corrected chi connectivity index (χ2v) is 8.87. The van der Waals surface area contributed by atoms with Crippen LogP contribution in [0.5, 0.6) is 0 Å². The van der Waals surface area contributed by atoms with Crippen molar-refractivity contribution < 1.29 is 22.4 Å². The van der Waals surface area contributed by atoms with Crippen LogP contribution in [0.2, 0.25) is 0 Å². The monoisotopic (exact) mass is 435 g/mol. The molecule has 0 unspecified atom stereocenters. The molecule has 1 N–H and O–H groups in total. The van der Waals surface area contributed by atoms with Crippen LogP contribution in [0.15, 0.2) is 48.5 Å². The Kier molecular flexibility index (Phi) is 7.55. The van der Waals surface area contributed by atoms with Crippen molar-refractivity contribution in [3.8, 4) is 0 Å². The second-order valence-electron chi connectivity index (χ2n) is 6.96. The molecule has 0 saturated carbocycles. The molecule has 0 fully saturated rings. The number of aryl methyl sites for hydroxylation is 1. The number of para-hydroxylation sites is 1. The van der Waals surface area contributed by atoms with Gasteiger partial charge in [-0.3, -0.25) is 13.9 Å². The topological polar surface area (TPSA) is 86.8 Å². The number of anilines is 1. The molecule has 0 radical (unpaired) electrons. The summed E-state index contributed by atoms with van der Waals surface area (Å²) in [5, 5.41) is 2.47. The molecule has 0 heterocycles. The molecule has 0 bridgehead atoms. The van der Waals surface area contributed by atoms with Gasteiger partial charge in [0, 0.05) is 19.2 Å². The van der Waals surface area contributed by atoms with E-state index in [1.165, 1.54) is 37.1 Å². The summed E-state index contributed by atoms with van der Waals surface area (Å²) in [6, 6.07) is 11.8. The Morgan fingerprint density at radius 1 is 1.10 bits per heavy atom. The SMILES string of the molecule is CNC(=O)[C@H](C)N(Cc1ccccc1F)C(=O)CN(c1ccccc1C)S(C)(=O)=O. The predicted molar refractivity (Wildman–Crippen MR) is 114 cm³/mol. The Balaban J connectivity index is 2.41. The maximum atomic E-state index is 14.2. The van der Waals surface area contributed by atoms with Crippen molar-refractivity contribution in [3.05, 3.63) is 65.5 Å². The Labute approximate surface area is 176 Å². The Hall–Kier alpha value is -2.94. The third-order valence-corrected chi connectivity index (χ3v) is 5.90. The highest BCUT2D eigenvalue weighted by atomic mass is 32.2. The predicted octanol–water partition coefficient (Wildman–Crippen LogP) is 2.06. The Morgan fingerprint density at radius 2 is 1.70 bits per heavy atom. The van der Waals surface area contributed by atoms with Gasteiger partial charge in [0.25, 0.3) is 0 Å². The van der Waals surface area contributed by atoms with E-state index in [-0.39, 0.29) is 12.1 Å². The number of carbonyl (C=O) groups is 2. The molecule has 0 aliphatic carbocycles. The zero-order valence-corrected chi connectivity index (χ0v) is 18.2. The van der Waals surface area contributed by atoms with Gasteiger partial charge in [-0.05, 0) is 31.5 Å². The average Bonchev–Trinajstić information content (AvgIpc) is 2.70. The van der Waals surface area contributed by atoms with Gasteiger partial charge >= 0.3 is 0 Å². The molecule has 0 saturated heterocycles. The molecule has 0 aliphatic rings. The largest absolute Gasteiger partial charge is 0.357 e. The number of nitrogens with one attached hydrogen (secondary N) is 1. The summed E-state index contributed by atoms with van der Waals surface area (Å²) in [7, 11) is -2.36. The number of benzene rings is 2. The first kappa shape index (κ1) is 23.3. The lowest BCUT2D eigenvalue weighted by molar-refractivity contribution is -0.139. The number of amides is 2. The molecular weight excluding hydrogens is 409 g/mol. The second kappa shape index (κ2) is 9.71. The van der Waals surface area contributed by atoms with Crippen LogP contribution in [0.1, 0.15) is 18.1 Å². The number of carbonyl (C=O) groups excluding carboxylic acids is 2. The van der Waals surface area contributed by atoms with Gasteiger partial charge in [-0.1, -0.05) is 36.4 Å². The van der Waals surface area contributed by atoms with Crippen LogP contribution in [0, 0.1) is 12.7 Å². The van der Waals surface area contributed by atoms with Crippen LogP contribution < -0.4 is 9.62 Å². The fraction of sp³-hybridized carbons (Fsp3) is 0.333. The Morgan fingerprint density at radius 3 is 2.27 bits per heavy atom. The summed E-state index contributed by atoms with van der Waals surface area (Å²) in [6.45, 7) is 2.56. The van der Waals surface area contributed by atoms with E-state index in [9.17, 15) is 22.4 Å². The highest BCUT2D eigenvalue weighted by molar-refractivity contribution is 7.92. The average molecular weight is 436 g/mol. The van der Waals surface area contributed by atoms with Gasteiger partial charge in [0.15, 0.2) is 0 Å². The van der Waals surface area contributed by atoms with Crippen LogP contribution in [0.25, 0.3) is 0 Å². The number of nitrogens with zero attached hydrogens (tertiary/aromatic N) is 2. The van der Waals surface area contributed by atoms with Crippen LogP contribution in [0.4, 0.5) is 10.1 Å². The van der Waals surface area contributed by atoms with Crippen LogP contribution >= 0.6 is 0 Å². The van der Waals surface area contributed by atoms with E-state index in [0.717, 1.165) is 10.6 Å². The highest BCUT2D eigenvalue weighted by Crippen LogP contribution is 2.23. The van der Waals surface area contributed by atoms with Gasteiger partial charge in [0.05, 0.1) is 11.9 Å². The van der Waals surface area contributed by atoms with Gasteiger partial charge in [0.2, 0.25) is 21.8 Å². The van der Waals surface area contributed by atoms with E-state index in [4.69, 9.17) is 0 Å². The number of rotatable bonds is 8. The molecule has 2 rings (SSSR count). The number of halogens is 1. The highest BCUT2D eigenvalue weighted by Gasteiger charge is 2.30. The summed E-state index contributed by atoms with van der Waals surface area (Å²) >= 11 is 0. The van der Waals surface area contributed by atoms with Gasteiger partial charge in [0.1, 0.15) is 18.4 Å². The maximum Gasteiger partial charge on any atom is 0.244 e. The van der Waals surface area contributed by atoms with Crippen LogP contribution in [0.3, 0.4) is 0 Å².